The molecule has 5 heteroatoms. The topological polar surface area (TPSA) is 29.1 Å². The molecule has 2 aromatic carbocycles. The summed E-state index contributed by atoms with van der Waals surface area (Å²) in [6, 6.07) is 13.2. The van der Waals surface area contributed by atoms with Crippen LogP contribution in [0.25, 0.3) is 0 Å². The first-order valence-corrected chi connectivity index (χ1v) is 8.26. The summed E-state index contributed by atoms with van der Waals surface area (Å²) in [4.78, 5) is 12.1. The molecule has 1 amide bonds. The highest BCUT2D eigenvalue weighted by molar-refractivity contribution is 9.10. The molecule has 0 spiro atoms. The molecule has 104 valence electrons. The van der Waals surface area contributed by atoms with Crippen molar-refractivity contribution in [2.24, 2.45) is 0 Å². The molecule has 0 heterocycles. The fourth-order valence-electron chi connectivity index (χ4n) is 1.79. The molecule has 0 aliphatic carbocycles. The molecule has 0 bridgehead atoms. The van der Waals surface area contributed by atoms with Crippen LogP contribution in [0.1, 0.15) is 21.5 Å². The van der Waals surface area contributed by atoms with Crippen molar-refractivity contribution in [1.29, 1.82) is 0 Å². The quantitative estimate of drug-likeness (QED) is 0.703. The third-order valence-electron chi connectivity index (χ3n) is 2.72. The first kappa shape index (κ1) is 15.5. The SMILES string of the molecule is O=C(NCc1cccc(CBr)c1)c1cc(Cl)cc(Br)c1. The number of alkyl halides is 1. The Morgan fingerprint density at radius 1 is 1.15 bits per heavy atom. The van der Waals surface area contributed by atoms with E-state index in [4.69, 9.17) is 11.6 Å². The minimum atomic E-state index is -0.141. The molecule has 2 aromatic rings. The zero-order valence-corrected chi connectivity index (χ0v) is 14.4. The van der Waals surface area contributed by atoms with E-state index in [0.717, 1.165) is 15.4 Å². The van der Waals surface area contributed by atoms with Crippen LogP contribution in [0.5, 0.6) is 0 Å². The predicted octanol–water partition coefficient (Wildman–Crippen LogP) is 4.93. The number of amides is 1. The van der Waals surface area contributed by atoms with Crippen molar-refractivity contribution in [2.45, 2.75) is 11.9 Å². The van der Waals surface area contributed by atoms with Crippen molar-refractivity contribution in [3.63, 3.8) is 0 Å². The molecule has 0 aromatic heterocycles. The summed E-state index contributed by atoms with van der Waals surface area (Å²) in [6.07, 6.45) is 0. The fourth-order valence-corrected chi connectivity index (χ4v) is 3.00. The number of rotatable bonds is 4. The van der Waals surface area contributed by atoms with Gasteiger partial charge in [-0.25, -0.2) is 0 Å². The minimum Gasteiger partial charge on any atom is -0.348 e. The molecule has 0 aliphatic heterocycles. The summed E-state index contributed by atoms with van der Waals surface area (Å²) >= 11 is 12.7. The van der Waals surface area contributed by atoms with Gasteiger partial charge in [0.1, 0.15) is 0 Å². The van der Waals surface area contributed by atoms with Crippen LogP contribution in [0.2, 0.25) is 5.02 Å². The number of halogens is 3. The van der Waals surface area contributed by atoms with Gasteiger partial charge >= 0.3 is 0 Å². The normalized spacial score (nSPS) is 10.3. The van der Waals surface area contributed by atoms with Crippen molar-refractivity contribution in [3.05, 3.63) is 68.7 Å². The summed E-state index contributed by atoms with van der Waals surface area (Å²) in [5.74, 6) is -0.141. The maximum atomic E-state index is 12.1. The zero-order chi connectivity index (χ0) is 14.5. The summed E-state index contributed by atoms with van der Waals surface area (Å²) in [5, 5.41) is 4.22. The Kier molecular flexibility index (Phi) is 5.64. The van der Waals surface area contributed by atoms with Crippen LogP contribution >= 0.6 is 43.5 Å². The second kappa shape index (κ2) is 7.25. The van der Waals surface area contributed by atoms with E-state index in [2.05, 4.69) is 43.2 Å². The third-order valence-corrected chi connectivity index (χ3v) is 4.05. The van der Waals surface area contributed by atoms with Crippen LogP contribution in [0.3, 0.4) is 0 Å². The van der Waals surface area contributed by atoms with E-state index in [0.29, 0.717) is 17.1 Å². The van der Waals surface area contributed by atoms with Gasteiger partial charge in [0.15, 0.2) is 0 Å². The standard InChI is InChI=1S/C15H12Br2ClNO/c16-8-10-2-1-3-11(4-10)9-19-15(20)12-5-13(17)7-14(18)6-12/h1-7H,8-9H2,(H,19,20). The molecule has 0 saturated carbocycles. The van der Waals surface area contributed by atoms with E-state index in [1.54, 1.807) is 18.2 Å². The number of carbonyl (C=O) groups excluding carboxylic acids is 1. The number of nitrogens with one attached hydrogen (secondary N) is 1. The Labute approximate surface area is 139 Å². The van der Waals surface area contributed by atoms with Gasteiger partial charge in [0.2, 0.25) is 0 Å². The van der Waals surface area contributed by atoms with E-state index in [-0.39, 0.29) is 5.91 Å². The van der Waals surface area contributed by atoms with Gasteiger partial charge in [0, 0.05) is 26.9 Å². The molecule has 1 N–H and O–H groups in total. The van der Waals surface area contributed by atoms with Gasteiger partial charge in [-0.3, -0.25) is 4.79 Å². The smallest absolute Gasteiger partial charge is 0.251 e. The zero-order valence-electron chi connectivity index (χ0n) is 10.5. The lowest BCUT2D eigenvalue weighted by Crippen LogP contribution is -2.22. The van der Waals surface area contributed by atoms with Crippen molar-refractivity contribution < 1.29 is 4.79 Å². The van der Waals surface area contributed by atoms with Crippen LogP contribution < -0.4 is 5.32 Å². The fraction of sp³-hybridized carbons (Fsp3) is 0.133. The molecule has 0 unspecified atom stereocenters. The number of carbonyl (C=O) groups is 1. The van der Waals surface area contributed by atoms with Crippen LogP contribution in [0.4, 0.5) is 0 Å². The number of benzene rings is 2. The maximum absolute atomic E-state index is 12.1. The molecule has 0 radical (unpaired) electrons. The van der Waals surface area contributed by atoms with Crippen molar-refractivity contribution in [2.75, 3.05) is 0 Å². The molecule has 2 nitrogen and oxygen atoms in total. The van der Waals surface area contributed by atoms with Gasteiger partial charge in [0.05, 0.1) is 0 Å². The first-order valence-electron chi connectivity index (χ1n) is 5.96. The van der Waals surface area contributed by atoms with E-state index >= 15 is 0 Å². The summed E-state index contributed by atoms with van der Waals surface area (Å²) in [7, 11) is 0. The lowest BCUT2D eigenvalue weighted by molar-refractivity contribution is 0.0951. The van der Waals surface area contributed by atoms with Crippen LogP contribution in [0, 0.1) is 0 Å². The van der Waals surface area contributed by atoms with Crippen molar-refractivity contribution in [3.8, 4) is 0 Å². The Balaban J connectivity index is 2.04. The summed E-state index contributed by atoms with van der Waals surface area (Å²) in [6.45, 7) is 0.490. The maximum Gasteiger partial charge on any atom is 0.251 e. The lowest BCUT2D eigenvalue weighted by atomic mass is 10.1. The minimum absolute atomic E-state index is 0.141. The lowest BCUT2D eigenvalue weighted by Gasteiger charge is -2.07. The average molecular weight is 418 g/mol. The second-order valence-electron chi connectivity index (χ2n) is 4.29. The summed E-state index contributed by atoms with van der Waals surface area (Å²) in [5.41, 5.74) is 2.79. The highest BCUT2D eigenvalue weighted by atomic mass is 79.9. The van der Waals surface area contributed by atoms with E-state index in [1.165, 1.54) is 5.56 Å². The molecular formula is C15H12Br2ClNO. The highest BCUT2D eigenvalue weighted by Gasteiger charge is 2.07. The molecule has 2 rings (SSSR count). The van der Waals surface area contributed by atoms with Gasteiger partial charge in [-0.2, -0.15) is 0 Å². The van der Waals surface area contributed by atoms with Gasteiger partial charge in [-0.05, 0) is 29.3 Å². The third kappa shape index (κ3) is 4.33. The average Bonchev–Trinajstić information content (AvgIpc) is 2.44. The van der Waals surface area contributed by atoms with Gasteiger partial charge in [-0.15, -0.1) is 0 Å². The first-order chi connectivity index (χ1) is 9.58. The monoisotopic (exact) mass is 415 g/mol. The van der Waals surface area contributed by atoms with E-state index < -0.39 is 0 Å². The largest absolute Gasteiger partial charge is 0.348 e. The predicted molar refractivity (Wildman–Crippen MR) is 89.4 cm³/mol. The van der Waals surface area contributed by atoms with Crippen LogP contribution in [0.15, 0.2) is 46.9 Å². The highest BCUT2D eigenvalue weighted by Crippen LogP contribution is 2.19. The van der Waals surface area contributed by atoms with Crippen molar-refractivity contribution in [1.82, 2.24) is 5.32 Å². The number of hydrogen-bond donors (Lipinski definition) is 1. The van der Waals surface area contributed by atoms with E-state index in [9.17, 15) is 4.79 Å². The Morgan fingerprint density at radius 3 is 2.60 bits per heavy atom. The molecule has 0 fully saturated rings. The Morgan fingerprint density at radius 2 is 1.90 bits per heavy atom. The van der Waals surface area contributed by atoms with Gasteiger partial charge in [0.25, 0.3) is 5.91 Å². The second-order valence-corrected chi connectivity index (χ2v) is 6.21. The van der Waals surface area contributed by atoms with Crippen LogP contribution in [-0.2, 0) is 11.9 Å². The Hall–Kier alpha value is -0.840. The number of hydrogen-bond acceptors (Lipinski definition) is 1. The van der Waals surface area contributed by atoms with Crippen LogP contribution in [-0.4, -0.2) is 5.91 Å². The van der Waals surface area contributed by atoms with Gasteiger partial charge in [-0.1, -0.05) is 67.7 Å². The Bertz CT molecular complexity index is 611. The van der Waals surface area contributed by atoms with E-state index in [1.807, 2.05) is 18.2 Å². The molecule has 0 aliphatic rings. The molecular weight excluding hydrogens is 405 g/mol. The molecule has 20 heavy (non-hydrogen) atoms. The molecule has 0 saturated heterocycles. The molecule has 0 atom stereocenters. The summed E-state index contributed by atoms with van der Waals surface area (Å²) < 4.78 is 0.788. The van der Waals surface area contributed by atoms with Gasteiger partial charge < -0.3 is 5.32 Å². The van der Waals surface area contributed by atoms with Crippen molar-refractivity contribution >= 4 is 49.4 Å².